The lowest BCUT2D eigenvalue weighted by Gasteiger charge is -2.40. The number of carboxylic acid groups (broad SMARTS) is 1. The third kappa shape index (κ3) is 5.73. The molecule has 212 valence electrons. The predicted octanol–water partition coefficient (Wildman–Crippen LogP) is 5.56. The Morgan fingerprint density at radius 1 is 1.07 bits per heavy atom. The van der Waals surface area contributed by atoms with Crippen LogP contribution in [0.3, 0.4) is 0 Å². The second-order valence-corrected chi connectivity index (χ2v) is 11.1. The van der Waals surface area contributed by atoms with Crippen molar-refractivity contribution >= 4 is 52.1 Å². The minimum atomic E-state index is -1.00. The molecule has 2 aliphatic carbocycles. The van der Waals surface area contributed by atoms with E-state index in [1.165, 1.54) is 27.9 Å². The lowest BCUT2D eigenvalue weighted by Crippen LogP contribution is -2.46. The van der Waals surface area contributed by atoms with Crippen molar-refractivity contribution in [2.24, 2.45) is 0 Å². The number of rotatable bonds is 8. The van der Waals surface area contributed by atoms with Gasteiger partial charge in [-0.25, -0.2) is 18.7 Å². The molecule has 3 heterocycles. The van der Waals surface area contributed by atoms with Gasteiger partial charge in [-0.1, -0.05) is 29.8 Å². The lowest BCUT2D eigenvalue weighted by molar-refractivity contribution is 0.102. The van der Waals surface area contributed by atoms with Gasteiger partial charge >= 0.3 is 6.09 Å². The molecule has 2 aliphatic rings. The molecule has 0 unspecified atom stereocenters. The van der Waals surface area contributed by atoms with E-state index < -0.39 is 22.8 Å². The molecule has 2 fully saturated rings. The number of halogens is 2. The van der Waals surface area contributed by atoms with Crippen molar-refractivity contribution in [2.75, 3.05) is 20.9 Å². The van der Waals surface area contributed by atoms with Crippen molar-refractivity contribution in [1.82, 2.24) is 19.6 Å². The maximum atomic E-state index is 14.1. The average molecular weight is 579 g/mol. The highest BCUT2D eigenvalue weighted by atomic mass is 35.5. The minimum Gasteiger partial charge on any atom is -0.465 e. The van der Waals surface area contributed by atoms with Crippen LogP contribution in [0.5, 0.6) is 0 Å². The summed E-state index contributed by atoms with van der Waals surface area (Å²) in [5.74, 6) is -0.815. The molecule has 4 aromatic rings. The third-order valence-electron chi connectivity index (χ3n) is 7.36. The van der Waals surface area contributed by atoms with Crippen LogP contribution in [-0.2, 0) is 0 Å². The Morgan fingerprint density at radius 3 is 2.51 bits per heavy atom. The number of carbonyl (C=O) groups excluding carboxylic acids is 1. The molecule has 0 atom stereocenters. The monoisotopic (exact) mass is 578 g/mol. The highest BCUT2D eigenvalue weighted by Crippen LogP contribution is 2.39. The number of fused-ring (bicyclic) bond motifs is 1. The van der Waals surface area contributed by atoms with E-state index in [-0.39, 0.29) is 17.4 Å². The van der Waals surface area contributed by atoms with Gasteiger partial charge in [-0.15, -0.1) is 5.10 Å². The highest BCUT2D eigenvalue weighted by molar-refractivity contribution is 6.25. The first-order chi connectivity index (χ1) is 19.8. The predicted molar refractivity (Wildman–Crippen MR) is 153 cm³/mol. The Balaban J connectivity index is 1.24. The summed E-state index contributed by atoms with van der Waals surface area (Å²) in [5.41, 5.74) is 1.88. The first-order valence-corrected chi connectivity index (χ1v) is 13.8. The highest BCUT2D eigenvalue weighted by Gasteiger charge is 2.38. The van der Waals surface area contributed by atoms with Crippen LogP contribution in [0.1, 0.15) is 49.0 Å². The first kappa shape index (κ1) is 26.8. The molecule has 0 aliphatic heterocycles. The van der Waals surface area contributed by atoms with Crippen LogP contribution in [-0.4, -0.2) is 53.8 Å². The van der Waals surface area contributed by atoms with Gasteiger partial charge in [0.2, 0.25) is 0 Å². The van der Waals surface area contributed by atoms with E-state index in [0.717, 1.165) is 19.0 Å². The molecule has 3 aromatic heterocycles. The molecule has 13 heteroatoms. The summed E-state index contributed by atoms with van der Waals surface area (Å²) in [6, 6.07) is 12.3. The Kier molecular flexibility index (Phi) is 7.08. The van der Waals surface area contributed by atoms with Crippen LogP contribution in [0, 0.1) is 5.82 Å². The average Bonchev–Trinajstić information content (AvgIpc) is 3.66. The maximum absolute atomic E-state index is 14.1. The minimum absolute atomic E-state index is 0.00654. The summed E-state index contributed by atoms with van der Waals surface area (Å²) < 4.78 is 15.5. The molecule has 0 bridgehead atoms. The van der Waals surface area contributed by atoms with E-state index in [1.54, 1.807) is 12.1 Å². The Bertz CT molecular complexity index is 1590. The zero-order chi connectivity index (χ0) is 28.6. The van der Waals surface area contributed by atoms with Gasteiger partial charge < -0.3 is 21.1 Å². The number of alkyl halides is 1. The zero-order valence-electron chi connectivity index (χ0n) is 21.9. The van der Waals surface area contributed by atoms with Gasteiger partial charge in [0.15, 0.2) is 23.0 Å². The number of aromatic nitrogens is 4. The molecular formula is C28H28ClFN8O3. The van der Waals surface area contributed by atoms with Crippen molar-refractivity contribution in [2.45, 2.75) is 55.6 Å². The quantitative estimate of drug-likeness (QED) is 0.157. The normalized spacial score (nSPS) is 20.4. The van der Waals surface area contributed by atoms with E-state index in [1.807, 2.05) is 24.3 Å². The summed E-state index contributed by atoms with van der Waals surface area (Å²) in [6.07, 6.45) is 6.90. The Labute approximate surface area is 239 Å². The number of hydrogen-bond acceptors (Lipinski definition) is 7. The van der Waals surface area contributed by atoms with Crippen molar-refractivity contribution in [3.63, 3.8) is 0 Å². The molecular weight excluding hydrogens is 551 g/mol. The van der Waals surface area contributed by atoms with Gasteiger partial charge in [-0.2, -0.15) is 0 Å². The van der Waals surface area contributed by atoms with E-state index in [9.17, 15) is 19.1 Å². The van der Waals surface area contributed by atoms with Crippen LogP contribution in [0.4, 0.5) is 32.1 Å². The fourth-order valence-corrected chi connectivity index (χ4v) is 5.46. The summed E-state index contributed by atoms with van der Waals surface area (Å²) in [4.78, 5) is 33.8. The topological polar surface area (TPSA) is 137 Å². The maximum Gasteiger partial charge on any atom is 0.412 e. The van der Waals surface area contributed by atoms with Crippen LogP contribution in [0.15, 0.2) is 61.1 Å². The van der Waals surface area contributed by atoms with Crippen molar-refractivity contribution in [1.29, 1.82) is 0 Å². The fraction of sp³-hybridized carbons (Fsp3) is 0.321. The molecule has 0 spiro atoms. The summed E-state index contributed by atoms with van der Waals surface area (Å²) in [5, 5.41) is 23.8. The fourth-order valence-electron chi connectivity index (χ4n) is 5.14. The number of hydrogen-bond donors (Lipinski definition) is 4. The number of pyridine rings is 1. The van der Waals surface area contributed by atoms with Crippen molar-refractivity contribution < 1.29 is 19.1 Å². The molecule has 6 rings (SSSR count). The number of nitrogens with zero attached hydrogens (tertiary/aromatic N) is 5. The van der Waals surface area contributed by atoms with E-state index in [0.29, 0.717) is 54.6 Å². The SMILES string of the molecule is O=C(Nc1ccncc1F)c1cnc2c(NC3CC3)cc(NC3(Cl)CCC(N(C(=O)O)c4ccccc4)CC3)nn12. The van der Waals surface area contributed by atoms with E-state index in [4.69, 9.17) is 11.6 Å². The van der Waals surface area contributed by atoms with E-state index >= 15 is 0 Å². The number of benzene rings is 1. The van der Waals surface area contributed by atoms with Crippen molar-refractivity contribution in [3.05, 3.63) is 72.6 Å². The second kappa shape index (κ2) is 10.8. The largest absolute Gasteiger partial charge is 0.465 e. The number of carbonyl (C=O) groups is 2. The molecule has 0 saturated heterocycles. The van der Waals surface area contributed by atoms with Gasteiger partial charge in [0.1, 0.15) is 5.00 Å². The molecule has 4 N–H and O–H groups in total. The van der Waals surface area contributed by atoms with Crippen LogP contribution in [0.2, 0.25) is 0 Å². The Hall–Kier alpha value is -4.45. The second-order valence-electron chi connectivity index (χ2n) is 10.4. The molecule has 41 heavy (non-hydrogen) atoms. The van der Waals surface area contributed by atoms with Gasteiger partial charge in [-0.05, 0) is 56.7 Å². The Morgan fingerprint density at radius 2 is 1.83 bits per heavy atom. The van der Waals surface area contributed by atoms with Gasteiger partial charge in [0.05, 0.1) is 23.8 Å². The molecule has 2 saturated carbocycles. The summed E-state index contributed by atoms with van der Waals surface area (Å²) in [6.45, 7) is 0. The molecule has 1 aromatic carbocycles. The number of nitrogens with one attached hydrogen (secondary N) is 3. The summed E-state index contributed by atoms with van der Waals surface area (Å²) >= 11 is 7.04. The van der Waals surface area contributed by atoms with Gasteiger partial charge in [0.25, 0.3) is 5.91 Å². The lowest BCUT2D eigenvalue weighted by atomic mass is 9.89. The van der Waals surface area contributed by atoms with E-state index in [2.05, 4.69) is 31.0 Å². The van der Waals surface area contributed by atoms with Crippen molar-refractivity contribution in [3.8, 4) is 0 Å². The third-order valence-corrected chi connectivity index (χ3v) is 7.84. The zero-order valence-corrected chi connectivity index (χ0v) is 22.7. The smallest absolute Gasteiger partial charge is 0.412 e. The standard InChI is InChI=1S/C28H28ClFN8O3/c29-28(11-8-19(9-12-28)37(27(40)41)18-4-2-1-3-5-18)35-24-14-22(33-17-6-7-17)25-32-16-23(38(25)36-24)26(39)34-21-10-13-31-15-20(21)30/h1-5,10,13-17,19,33H,6-9,11-12H2,(H,35,36)(H,40,41)(H,31,34,39). The van der Waals surface area contributed by atoms with Gasteiger partial charge in [-0.3, -0.25) is 14.7 Å². The number of anilines is 4. The van der Waals surface area contributed by atoms with Crippen LogP contribution in [0.25, 0.3) is 5.65 Å². The number of amides is 2. The van der Waals surface area contributed by atoms with Gasteiger partial charge in [0, 0.05) is 30.0 Å². The summed E-state index contributed by atoms with van der Waals surface area (Å²) in [7, 11) is 0. The van der Waals surface area contributed by atoms with Crippen LogP contribution >= 0.6 is 11.6 Å². The molecule has 2 amide bonds. The molecule has 11 nitrogen and oxygen atoms in total. The first-order valence-electron chi connectivity index (χ1n) is 13.4. The van der Waals surface area contributed by atoms with Crippen LogP contribution < -0.4 is 20.9 Å². The number of para-hydroxylation sites is 1. The molecule has 0 radical (unpaired) electrons. The number of imidazole rings is 1.